The SMILES string of the molecule is CCCCCCCCC1CC[C@]2(CC1)C(=O)[C@@]1(CCC(CCCCCCCC)CC1)C2(Cl)Cl. The second-order valence-corrected chi connectivity index (χ2v) is 13.4. The predicted octanol–water partition coefficient (Wildman–Crippen LogP) is 10.6. The molecule has 3 heteroatoms. The minimum Gasteiger partial charge on any atom is -0.298 e. The van der Waals surface area contributed by atoms with Crippen LogP contribution in [-0.2, 0) is 4.79 Å². The van der Waals surface area contributed by atoms with Crippen molar-refractivity contribution in [3.05, 3.63) is 0 Å². The van der Waals surface area contributed by atoms with Gasteiger partial charge in [0.05, 0.1) is 10.8 Å². The highest BCUT2D eigenvalue weighted by Crippen LogP contribution is 2.74. The summed E-state index contributed by atoms with van der Waals surface area (Å²) < 4.78 is -0.826. The molecule has 3 fully saturated rings. The summed E-state index contributed by atoms with van der Waals surface area (Å²) in [6, 6.07) is 0. The third kappa shape index (κ3) is 5.98. The van der Waals surface area contributed by atoms with Crippen LogP contribution < -0.4 is 0 Å². The van der Waals surface area contributed by atoms with Gasteiger partial charge in [-0.1, -0.05) is 127 Å². The summed E-state index contributed by atoms with van der Waals surface area (Å²) in [5, 5.41) is 0. The van der Waals surface area contributed by atoms with E-state index in [0.717, 1.165) is 63.2 Å². The van der Waals surface area contributed by atoms with Gasteiger partial charge in [-0.15, -0.1) is 0 Å². The highest BCUT2D eigenvalue weighted by atomic mass is 35.5. The van der Waals surface area contributed by atoms with Gasteiger partial charge in [0.15, 0.2) is 5.78 Å². The quantitative estimate of drug-likeness (QED) is 0.172. The van der Waals surface area contributed by atoms with E-state index in [9.17, 15) is 4.79 Å². The van der Waals surface area contributed by atoms with Gasteiger partial charge < -0.3 is 0 Å². The molecule has 3 saturated carbocycles. The molecule has 192 valence electrons. The van der Waals surface area contributed by atoms with Crippen LogP contribution in [0.4, 0.5) is 0 Å². The summed E-state index contributed by atoms with van der Waals surface area (Å²) in [7, 11) is 0. The number of alkyl halides is 2. The molecule has 0 aromatic rings. The molecule has 3 aliphatic rings. The Morgan fingerprint density at radius 2 is 0.939 bits per heavy atom. The molecule has 0 saturated heterocycles. The lowest BCUT2D eigenvalue weighted by molar-refractivity contribution is -0.172. The number of rotatable bonds is 14. The topological polar surface area (TPSA) is 17.1 Å². The highest BCUT2D eigenvalue weighted by molar-refractivity contribution is 6.55. The molecule has 0 radical (unpaired) electrons. The molecule has 0 amide bonds. The van der Waals surface area contributed by atoms with Crippen LogP contribution in [0.1, 0.15) is 155 Å². The molecule has 0 aromatic carbocycles. The maximum atomic E-state index is 13.7. The minimum absolute atomic E-state index is 0.431. The molecular formula is C30H52Cl2O. The number of carbonyl (C=O) groups is 1. The Kier molecular flexibility index (Phi) is 11.0. The first-order chi connectivity index (χ1) is 15.9. The number of hydrogen-bond donors (Lipinski definition) is 0. The molecule has 0 N–H and O–H groups in total. The summed E-state index contributed by atoms with van der Waals surface area (Å²) >= 11 is 14.3. The van der Waals surface area contributed by atoms with Crippen LogP contribution in [0.15, 0.2) is 0 Å². The molecule has 1 nitrogen and oxygen atoms in total. The van der Waals surface area contributed by atoms with Crippen LogP contribution in [0, 0.1) is 22.7 Å². The Bertz CT molecular complexity index is 534. The van der Waals surface area contributed by atoms with Crippen molar-refractivity contribution in [1.29, 1.82) is 0 Å². The van der Waals surface area contributed by atoms with E-state index in [1.54, 1.807) is 0 Å². The summed E-state index contributed by atoms with van der Waals surface area (Å²) in [5.74, 6) is 2.02. The Morgan fingerprint density at radius 3 is 1.27 bits per heavy atom. The van der Waals surface area contributed by atoms with Gasteiger partial charge >= 0.3 is 0 Å². The summed E-state index contributed by atoms with van der Waals surface area (Å²) in [4.78, 5) is 13.7. The third-order valence-corrected chi connectivity index (χ3v) is 11.4. The molecule has 0 heterocycles. The molecular weight excluding hydrogens is 447 g/mol. The average molecular weight is 500 g/mol. The number of Topliss-reactive ketones (excluding diaryl/α,β-unsaturated/α-hetero) is 1. The smallest absolute Gasteiger partial charge is 0.151 e. The van der Waals surface area contributed by atoms with Crippen molar-refractivity contribution in [3.8, 4) is 0 Å². The van der Waals surface area contributed by atoms with E-state index in [1.807, 2.05) is 0 Å². The summed E-state index contributed by atoms with van der Waals surface area (Å²) in [6.45, 7) is 4.55. The maximum absolute atomic E-state index is 13.7. The Hall–Kier alpha value is 0.250. The monoisotopic (exact) mass is 498 g/mol. The Labute approximate surface area is 215 Å². The third-order valence-electron chi connectivity index (χ3n) is 9.92. The standard InChI is InChI=1S/C30H52Cl2O/c1-3-5-7-9-11-13-15-25-17-21-28(22-18-25)27(33)29(30(28,31)32)23-19-26(20-24-29)16-14-12-10-8-6-4-2/h25-26H,3-24H2,1-2H3/t25?,26?,28-,29-. The molecule has 2 spiro atoms. The highest BCUT2D eigenvalue weighted by Gasteiger charge is 2.78. The first-order valence-electron chi connectivity index (χ1n) is 14.9. The van der Waals surface area contributed by atoms with E-state index in [1.165, 1.54) is 89.9 Å². The molecule has 0 aliphatic heterocycles. The number of ketones is 1. The first-order valence-corrected chi connectivity index (χ1v) is 15.6. The van der Waals surface area contributed by atoms with Crippen molar-refractivity contribution < 1.29 is 4.79 Å². The van der Waals surface area contributed by atoms with Crippen LogP contribution in [-0.4, -0.2) is 10.1 Å². The number of unbranched alkanes of at least 4 members (excludes halogenated alkanes) is 10. The molecule has 0 unspecified atom stereocenters. The molecule has 0 atom stereocenters. The second kappa shape index (κ2) is 13.0. The zero-order chi connectivity index (χ0) is 23.8. The van der Waals surface area contributed by atoms with E-state index >= 15 is 0 Å². The van der Waals surface area contributed by atoms with Crippen molar-refractivity contribution in [1.82, 2.24) is 0 Å². The largest absolute Gasteiger partial charge is 0.298 e. The zero-order valence-corrected chi connectivity index (χ0v) is 23.4. The fourth-order valence-electron chi connectivity index (χ4n) is 7.57. The van der Waals surface area contributed by atoms with Crippen LogP contribution in [0.25, 0.3) is 0 Å². The van der Waals surface area contributed by atoms with Crippen LogP contribution >= 0.6 is 23.2 Å². The van der Waals surface area contributed by atoms with Gasteiger partial charge in [-0.2, -0.15) is 0 Å². The van der Waals surface area contributed by atoms with E-state index in [-0.39, 0.29) is 0 Å². The van der Waals surface area contributed by atoms with Crippen LogP contribution in [0.5, 0.6) is 0 Å². The van der Waals surface area contributed by atoms with Gasteiger partial charge in [0.2, 0.25) is 0 Å². The van der Waals surface area contributed by atoms with Crippen molar-refractivity contribution in [2.24, 2.45) is 22.7 Å². The number of halogens is 2. The molecule has 3 rings (SSSR count). The van der Waals surface area contributed by atoms with Gasteiger partial charge in [-0.05, 0) is 63.2 Å². The second-order valence-electron chi connectivity index (χ2n) is 12.1. The van der Waals surface area contributed by atoms with E-state index in [2.05, 4.69) is 13.8 Å². The van der Waals surface area contributed by atoms with Crippen LogP contribution in [0.2, 0.25) is 0 Å². The molecule has 3 aliphatic carbocycles. The minimum atomic E-state index is -0.826. The van der Waals surface area contributed by atoms with Crippen molar-refractivity contribution in [2.45, 2.75) is 159 Å². The lowest BCUT2D eigenvalue weighted by atomic mass is 9.42. The maximum Gasteiger partial charge on any atom is 0.151 e. The zero-order valence-electron chi connectivity index (χ0n) is 21.9. The first kappa shape index (κ1) is 27.8. The van der Waals surface area contributed by atoms with E-state index < -0.39 is 15.2 Å². The Balaban J connectivity index is 1.39. The fourth-order valence-corrected chi connectivity index (χ4v) is 8.66. The average Bonchev–Trinajstić information content (AvgIpc) is 2.83. The number of carbonyl (C=O) groups excluding carboxylic acids is 1. The predicted molar refractivity (Wildman–Crippen MR) is 144 cm³/mol. The van der Waals surface area contributed by atoms with Crippen molar-refractivity contribution in [2.75, 3.05) is 0 Å². The lowest BCUT2D eigenvalue weighted by Crippen LogP contribution is -2.74. The summed E-state index contributed by atoms with van der Waals surface area (Å²) in [5.41, 5.74) is -0.861. The van der Waals surface area contributed by atoms with Gasteiger partial charge in [0.1, 0.15) is 4.33 Å². The van der Waals surface area contributed by atoms with Gasteiger partial charge in [-0.3, -0.25) is 4.79 Å². The van der Waals surface area contributed by atoms with Gasteiger partial charge in [0, 0.05) is 0 Å². The lowest BCUT2D eigenvalue weighted by Gasteiger charge is -2.67. The molecule has 33 heavy (non-hydrogen) atoms. The van der Waals surface area contributed by atoms with E-state index in [0.29, 0.717) is 5.78 Å². The van der Waals surface area contributed by atoms with Gasteiger partial charge in [-0.25, -0.2) is 0 Å². The Morgan fingerprint density at radius 1 is 0.606 bits per heavy atom. The van der Waals surface area contributed by atoms with E-state index in [4.69, 9.17) is 23.2 Å². The number of hydrogen-bond acceptors (Lipinski definition) is 1. The van der Waals surface area contributed by atoms with Crippen molar-refractivity contribution in [3.63, 3.8) is 0 Å². The van der Waals surface area contributed by atoms with Gasteiger partial charge in [0.25, 0.3) is 0 Å². The molecule has 0 aromatic heterocycles. The fraction of sp³-hybridized carbons (Fsp3) is 0.967. The van der Waals surface area contributed by atoms with Crippen LogP contribution in [0.3, 0.4) is 0 Å². The summed E-state index contributed by atoms with van der Waals surface area (Å²) in [6.07, 6.45) is 27.4. The molecule has 0 bridgehead atoms. The normalized spacial score (nSPS) is 33.5. The van der Waals surface area contributed by atoms with Crippen molar-refractivity contribution >= 4 is 29.0 Å².